The lowest BCUT2D eigenvalue weighted by molar-refractivity contribution is -0.150. The number of carbonyl (C=O) groups excluding carboxylic acids is 3. The van der Waals surface area contributed by atoms with Crippen LogP contribution < -0.4 is 24.8 Å². The first kappa shape index (κ1) is 30.7. The number of likely N-dealkylation sites (tertiary alicyclic amines) is 1. The number of nitrogens with one attached hydrogen (secondary N) is 2. The van der Waals surface area contributed by atoms with Crippen LogP contribution >= 0.6 is 0 Å². The van der Waals surface area contributed by atoms with Crippen molar-refractivity contribution in [1.82, 2.24) is 15.5 Å². The van der Waals surface area contributed by atoms with Crippen molar-refractivity contribution < 1.29 is 41.8 Å². The third-order valence-corrected chi connectivity index (χ3v) is 7.52. The molecule has 3 aliphatic heterocycles. The summed E-state index contributed by atoms with van der Waals surface area (Å²) in [6.07, 6.45) is -6.60. The van der Waals surface area contributed by atoms with Crippen molar-refractivity contribution in [2.24, 2.45) is 0 Å². The monoisotopic (exact) mass is 611 g/mol. The van der Waals surface area contributed by atoms with Gasteiger partial charge in [-0.1, -0.05) is 24.3 Å². The van der Waals surface area contributed by atoms with E-state index in [9.17, 15) is 27.6 Å². The van der Waals surface area contributed by atoms with Crippen molar-refractivity contribution >= 4 is 17.7 Å². The maximum atomic E-state index is 13.6. The molecule has 0 unspecified atom stereocenters. The number of benzene rings is 3. The number of ether oxygens (including phenoxy) is 3. The zero-order chi connectivity index (χ0) is 31.3. The Morgan fingerprint density at radius 3 is 2.57 bits per heavy atom. The van der Waals surface area contributed by atoms with Crippen LogP contribution in [0.15, 0.2) is 66.7 Å². The minimum atomic E-state index is -4.45. The number of halogens is 3. The average Bonchev–Trinajstić information content (AvgIpc) is 3.02. The highest BCUT2D eigenvalue weighted by atomic mass is 19.4. The molecule has 2 N–H and O–H groups in total. The molecule has 1 saturated heterocycles. The standard InChI is InChI=1S/C32H32F3N3O6/c1-42-27-10-7-22-16-25(27)21-3-2-4-24(15-21)43-19-29(39)36-17-20-5-8-23(9-6-20)44-28-12-14-38(18-26(28)37-31(22)41)30(40)11-13-32(33,34)35/h2-10,15-16,26,28H,11-14,17-19H2,1H3,(H,36,39)(H,37,41)/t26-,28-/m1/s1. The van der Waals surface area contributed by atoms with E-state index >= 15 is 0 Å². The van der Waals surface area contributed by atoms with Crippen LogP contribution in [0.25, 0.3) is 11.1 Å². The summed E-state index contributed by atoms with van der Waals surface area (Å²) in [6.45, 7) is 0.245. The molecule has 1 fully saturated rings. The van der Waals surface area contributed by atoms with E-state index in [1.165, 1.54) is 12.0 Å². The number of fused-ring (bicyclic) bond motifs is 7. The predicted molar refractivity (Wildman–Crippen MR) is 154 cm³/mol. The molecule has 3 aromatic rings. The van der Waals surface area contributed by atoms with E-state index in [1.807, 2.05) is 6.07 Å². The SMILES string of the molecule is COc1ccc2cc1-c1cccc(c1)OCC(=O)NCc1ccc(cc1)O[C@@H]1CCN(C(=O)CCC(F)(F)F)C[C@H]1NC2=O. The summed E-state index contributed by atoms with van der Waals surface area (Å²) >= 11 is 0. The predicted octanol–water partition coefficient (Wildman–Crippen LogP) is 4.49. The van der Waals surface area contributed by atoms with Gasteiger partial charge < -0.3 is 29.7 Å². The van der Waals surface area contributed by atoms with Crippen molar-refractivity contribution in [3.05, 3.63) is 77.9 Å². The summed E-state index contributed by atoms with van der Waals surface area (Å²) in [4.78, 5) is 40.1. The highest BCUT2D eigenvalue weighted by molar-refractivity contribution is 5.96. The molecule has 12 heteroatoms. The summed E-state index contributed by atoms with van der Waals surface area (Å²) in [5.41, 5.74) is 2.40. The summed E-state index contributed by atoms with van der Waals surface area (Å²) in [5, 5.41) is 5.77. The number of amides is 3. The minimum Gasteiger partial charge on any atom is -0.496 e. The van der Waals surface area contributed by atoms with Crippen molar-refractivity contribution in [3.8, 4) is 28.4 Å². The van der Waals surface area contributed by atoms with Crippen LogP contribution in [0.2, 0.25) is 0 Å². The number of hydrogen-bond donors (Lipinski definition) is 2. The first-order valence-electron chi connectivity index (χ1n) is 14.2. The van der Waals surface area contributed by atoms with Gasteiger partial charge in [0, 0.05) is 43.6 Å². The maximum absolute atomic E-state index is 13.6. The molecule has 0 spiro atoms. The summed E-state index contributed by atoms with van der Waals surface area (Å²) < 4.78 is 55.9. The van der Waals surface area contributed by atoms with Crippen molar-refractivity contribution in [2.45, 2.75) is 44.1 Å². The van der Waals surface area contributed by atoms with Crippen molar-refractivity contribution in [1.29, 1.82) is 0 Å². The Morgan fingerprint density at radius 2 is 1.82 bits per heavy atom. The molecule has 232 valence electrons. The normalized spacial score (nSPS) is 19.0. The molecule has 6 rings (SSSR count). The molecule has 2 atom stereocenters. The van der Waals surface area contributed by atoms with Gasteiger partial charge in [-0.15, -0.1) is 0 Å². The summed E-state index contributed by atoms with van der Waals surface area (Å²) in [7, 11) is 1.51. The molecule has 0 radical (unpaired) electrons. The molecule has 3 heterocycles. The summed E-state index contributed by atoms with van der Waals surface area (Å²) in [6, 6.07) is 18.3. The molecule has 44 heavy (non-hydrogen) atoms. The average molecular weight is 612 g/mol. The van der Waals surface area contributed by atoms with Crippen molar-refractivity contribution in [3.63, 3.8) is 0 Å². The number of piperidine rings is 1. The number of methoxy groups -OCH3 is 1. The van der Waals surface area contributed by atoms with Gasteiger partial charge in [0.25, 0.3) is 11.8 Å². The number of carbonyl (C=O) groups is 3. The number of hydrogen-bond acceptors (Lipinski definition) is 6. The van der Waals surface area contributed by atoms with E-state index in [-0.39, 0.29) is 32.1 Å². The van der Waals surface area contributed by atoms with Gasteiger partial charge in [0.2, 0.25) is 5.91 Å². The Bertz CT molecular complexity index is 1510. The second-order valence-corrected chi connectivity index (χ2v) is 10.6. The number of rotatable bonds is 3. The molecule has 3 amide bonds. The second kappa shape index (κ2) is 13.3. The van der Waals surface area contributed by atoms with Crippen LogP contribution in [0.5, 0.6) is 17.2 Å². The Morgan fingerprint density at radius 1 is 1.02 bits per heavy atom. The van der Waals surface area contributed by atoms with E-state index in [2.05, 4.69) is 10.6 Å². The second-order valence-electron chi connectivity index (χ2n) is 10.6. The molecule has 3 aliphatic rings. The van der Waals surface area contributed by atoms with Crippen LogP contribution in [0.3, 0.4) is 0 Å². The topological polar surface area (TPSA) is 106 Å². The van der Waals surface area contributed by atoms with Crippen LogP contribution in [-0.2, 0) is 16.1 Å². The fourth-order valence-electron chi connectivity index (χ4n) is 5.18. The van der Waals surface area contributed by atoms with Crippen LogP contribution in [0, 0.1) is 0 Å². The highest BCUT2D eigenvalue weighted by Crippen LogP contribution is 2.33. The third-order valence-electron chi connectivity index (χ3n) is 7.52. The molecule has 6 bridgehead atoms. The lowest BCUT2D eigenvalue weighted by Gasteiger charge is -2.39. The zero-order valence-electron chi connectivity index (χ0n) is 24.0. The van der Waals surface area contributed by atoms with Crippen molar-refractivity contribution in [2.75, 3.05) is 26.8 Å². The third kappa shape index (κ3) is 7.80. The van der Waals surface area contributed by atoms with Gasteiger partial charge in [-0.2, -0.15) is 13.2 Å². The Balaban J connectivity index is 1.46. The van der Waals surface area contributed by atoms with Crippen LogP contribution in [0.1, 0.15) is 35.2 Å². The maximum Gasteiger partial charge on any atom is 0.389 e. The van der Waals surface area contributed by atoms with Gasteiger partial charge in [-0.05, 0) is 53.6 Å². The Kier molecular flexibility index (Phi) is 9.26. The van der Waals surface area contributed by atoms with Gasteiger partial charge >= 0.3 is 6.18 Å². The molecule has 0 aliphatic carbocycles. The van der Waals surface area contributed by atoms with Crippen LogP contribution in [-0.4, -0.2) is 67.7 Å². The fourth-order valence-corrected chi connectivity index (χ4v) is 5.18. The van der Waals surface area contributed by atoms with Gasteiger partial charge in [0.15, 0.2) is 6.61 Å². The van der Waals surface area contributed by atoms with Gasteiger partial charge in [0.1, 0.15) is 23.4 Å². The Hall–Kier alpha value is -4.74. The van der Waals surface area contributed by atoms with E-state index in [0.29, 0.717) is 40.4 Å². The van der Waals surface area contributed by atoms with Gasteiger partial charge in [-0.3, -0.25) is 14.4 Å². The number of nitrogens with zero attached hydrogens (tertiary/aromatic N) is 1. The smallest absolute Gasteiger partial charge is 0.389 e. The molecule has 0 aromatic heterocycles. The minimum absolute atomic E-state index is 0.0143. The molecule has 0 saturated carbocycles. The van der Waals surface area contributed by atoms with E-state index in [4.69, 9.17) is 14.2 Å². The van der Waals surface area contributed by atoms with Crippen LogP contribution in [0.4, 0.5) is 13.2 Å². The molecule has 3 aromatic carbocycles. The molecule has 9 nitrogen and oxygen atoms in total. The first-order valence-corrected chi connectivity index (χ1v) is 14.2. The largest absolute Gasteiger partial charge is 0.496 e. The Labute approximate surface area is 252 Å². The number of alkyl halides is 3. The van der Waals surface area contributed by atoms with Gasteiger partial charge in [0.05, 0.1) is 19.6 Å². The quantitative estimate of drug-likeness (QED) is 0.452. The summed E-state index contributed by atoms with van der Waals surface area (Å²) in [5.74, 6) is 0.0604. The fraction of sp³-hybridized carbons (Fsp3) is 0.344. The lowest BCUT2D eigenvalue weighted by Crippen LogP contribution is -2.58. The van der Waals surface area contributed by atoms with E-state index in [1.54, 1.807) is 60.7 Å². The molecular formula is C32H32F3N3O6. The molecular weight excluding hydrogens is 579 g/mol. The zero-order valence-corrected chi connectivity index (χ0v) is 24.0. The van der Waals surface area contributed by atoms with E-state index in [0.717, 1.165) is 5.56 Å². The van der Waals surface area contributed by atoms with E-state index < -0.39 is 43.0 Å². The van der Waals surface area contributed by atoms with Gasteiger partial charge in [-0.25, -0.2) is 0 Å². The first-order chi connectivity index (χ1) is 21.1. The highest BCUT2D eigenvalue weighted by Gasteiger charge is 2.36. The lowest BCUT2D eigenvalue weighted by atomic mass is 9.99.